The molecule has 0 amide bonds. The van der Waals surface area contributed by atoms with Crippen LogP contribution in [0.1, 0.15) is 11.1 Å². The molecule has 0 bridgehead atoms. The van der Waals surface area contributed by atoms with E-state index >= 15 is 0 Å². The summed E-state index contributed by atoms with van der Waals surface area (Å²) in [5, 5.41) is 1.40. The maximum absolute atomic E-state index is 6.32. The normalized spacial score (nSPS) is 13.3. The summed E-state index contributed by atoms with van der Waals surface area (Å²) in [6.07, 6.45) is 4.40. The Balaban J connectivity index is 2.52. The number of hydrogen-bond acceptors (Lipinski definition) is 0. The molecule has 0 aliphatic carbocycles. The van der Waals surface area contributed by atoms with Gasteiger partial charge < -0.3 is 0 Å². The van der Waals surface area contributed by atoms with Gasteiger partial charge in [0.25, 0.3) is 0 Å². The quantitative estimate of drug-likeness (QED) is 0.345. The van der Waals surface area contributed by atoms with E-state index in [0.29, 0.717) is 5.88 Å². The van der Waals surface area contributed by atoms with E-state index in [1.165, 1.54) is 21.9 Å². The van der Waals surface area contributed by atoms with Gasteiger partial charge in [-0.2, -0.15) is 0 Å². The second kappa shape index (κ2) is 7.62. The van der Waals surface area contributed by atoms with E-state index in [2.05, 4.69) is 86.4 Å². The lowest BCUT2D eigenvalue weighted by Gasteiger charge is -2.23. The van der Waals surface area contributed by atoms with Crippen molar-refractivity contribution in [2.24, 2.45) is 0 Å². The first-order chi connectivity index (χ1) is 10.5. The smallest absolute Gasteiger partial charge is 0.0748 e. The maximum Gasteiger partial charge on any atom is 0.0748 e. The molecule has 0 aromatic heterocycles. The summed E-state index contributed by atoms with van der Waals surface area (Å²) >= 11 is 6.32. The number of halogens is 1. The van der Waals surface area contributed by atoms with Gasteiger partial charge in [-0.15, -0.1) is 11.6 Å². The highest BCUT2D eigenvalue weighted by Gasteiger charge is 2.22. The van der Waals surface area contributed by atoms with E-state index in [1.807, 2.05) is 6.07 Å². The lowest BCUT2D eigenvalue weighted by atomic mass is 10.0. The molecular formula is C20H23ClSi. The van der Waals surface area contributed by atoms with E-state index in [0.717, 1.165) is 0 Å². The minimum atomic E-state index is -1.47. The van der Waals surface area contributed by atoms with E-state index in [1.54, 1.807) is 0 Å². The average Bonchev–Trinajstić information content (AvgIpc) is 2.52. The Morgan fingerprint density at radius 3 is 1.95 bits per heavy atom. The van der Waals surface area contributed by atoms with Crippen molar-refractivity contribution in [1.82, 2.24) is 0 Å². The molecule has 2 rings (SSSR count). The SMILES string of the molecule is C[Si](C)(C)/C(CCl)=C(\C=C\c1ccccc1)c1ccccc1. The zero-order chi connectivity index (χ0) is 16.0. The van der Waals surface area contributed by atoms with Gasteiger partial charge in [-0.3, -0.25) is 0 Å². The minimum absolute atomic E-state index is 0.596. The van der Waals surface area contributed by atoms with Crippen LogP contribution in [0.4, 0.5) is 0 Å². The van der Waals surface area contributed by atoms with Crippen molar-refractivity contribution in [3.05, 3.63) is 83.1 Å². The summed E-state index contributed by atoms with van der Waals surface area (Å²) in [6, 6.07) is 21.0. The van der Waals surface area contributed by atoms with Crippen molar-refractivity contribution in [1.29, 1.82) is 0 Å². The fraction of sp³-hybridized carbons (Fsp3) is 0.200. The Hall–Kier alpha value is -1.57. The zero-order valence-corrected chi connectivity index (χ0v) is 15.3. The van der Waals surface area contributed by atoms with Gasteiger partial charge in [0.15, 0.2) is 0 Å². The highest BCUT2D eigenvalue weighted by molar-refractivity contribution is 6.84. The molecule has 0 aliphatic heterocycles. The highest BCUT2D eigenvalue weighted by atomic mass is 35.5. The number of benzene rings is 2. The number of rotatable bonds is 5. The lowest BCUT2D eigenvalue weighted by Crippen LogP contribution is -2.26. The van der Waals surface area contributed by atoms with Crippen molar-refractivity contribution < 1.29 is 0 Å². The molecule has 0 heterocycles. The topological polar surface area (TPSA) is 0 Å². The van der Waals surface area contributed by atoms with Crippen molar-refractivity contribution in [3.63, 3.8) is 0 Å². The van der Waals surface area contributed by atoms with Crippen molar-refractivity contribution in [2.75, 3.05) is 5.88 Å². The standard InChI is InChI=1S/C20H23ClSi/c1-22(2,3)20(16-21)19(18-12-8-5-9-13-18)15-14-17-10-6-4-7-11-17/h4-15H,16H2,1-3H3/b15-14+,20-19+. The van der Waals surface area contributed by atoms with Crippen LogP contribution in [0.5, 0.6) is 0 Å². The van der Waals surface area contributed by atoms with Gasteiger partial charge >= 0.3 is 0 Å². The van der Waals surface area contributed by atoms with Gasteiger partial charge in [0.2, 0.25) is 0 Å². The molecule has 0 spiro atoms. The van der Waals surface area contributed by atoms with Gasteiger partial charge in [-0.05, 0) is 16.7 Å². The molecule has 0 nitrogen and oxygen atoms in total. The maximum atomic E-state index is 6.32. The van der Waals surface area contributed by atoms with Gasteiger partial charge in [-0.25, -0.2) is 0 Å². The molecular weight excluding hydrogens is 304 g/mol. The highest BCUT2D eigenvalue weighted by Crippen LogP contribution is 2.28. The summed E-state index contributed by atoms with van der Waals surface area (Å²) in [4.78, 5) is 0. The third-order valence-electron chi connectivity index (χ3n) is 3.69. The molecule has 2 aromatic rings. The average molecular weight is 327 g/mol. The van der Waals surface area contributed by atoms with Crippen LogP contribution in [0.15, 0.2) is 71.9 Å². The molecule has 2 heteroatoms. The zero-order valence-electron chi connectivity index (χ0n) is 13.5. The number of alkyl halides is 1. The molecule has 114 valence electrons. The van der Waals surface area contributed by atoms with E-state index in [4.69, 9.17) is 11.6 Å². The largest absolute Gasteiger partial charge is 0.122 e. The summed E-state index contributed by atoms with van der Waals surface area (Å²) in [5.74, 6) is 0.596. The van der Waals surface area contributed by atoms with Crippen LogP contribution in [-0.2, 0) is 0 Å². The van der Waals surface area contributed by atoms with Crippen LogP contribution in [0.25, 0.3) is 11.6 Å². The predicted molar refractivity (Wildman–Crippen MR) is 103 cm³/mol. The van der Waals surface area contributed by atoms with Gasteiger partial charge in [0, 0.05) is 5.88 Å². The van der Waals surface area contributed by atoms with Crippen molar-refractivity contribution in [2.45, 2.75) is 19.6 Å². The lowest BCUT2D eigenvalue weighted by molar-refractivity contribution is 1.51. The molecule has 22 heavy (non-hydrogen) atoms. The van der Waals surface area contributed by atoms with Crippen LogP contribution in [-0.4, -0.2) is 14.0 Å². The van der Waals surface area contributed by atoms with Crippen LogP contribution in [0.2, 0.25) is 19.6 Å². The van der Waals surface area contributed by atoms with Gasteiger partial charge in [0.05, 0.1) is 8.07 Å². The Morgan fingerprint density at radius 2 is 1.45 bits per heavy atom. The molecule has 0 atom stereocenters. The minimum Gasteiger partial charge on any atom is -0.122 e. The molecule has 0 saturated heterocycles. The molecule has 2 aromatic carbocycles. The Labute approximate surface area is 140 Å². The third kappa shape index (κ3) is 4.46. The van der Waals surface area contributed by atoms with Crippen molar-refractivity contribution in [3.8, 4) is 0 Å². The van der Waals surface area contributed by atoms with Gasteiger partial charge in [0.1, 0.15) is 0 Å². The fourth-order valence-corrected chi connectivity index (χ4v) is 5.19. The van der Waals surface area contributed by atoms with Crippen LogP contribution in [0, 0.1) is 0 Å². The number of allylic oxidation sites excluding steroid dienone is 3. The first-order valence-corrected chi connectivity index (χ1v) is 11.6. The first kappa shape index (κ1) is 16.8. The fourth-order valence-electron chi connectivity index (χ4n) is 2.41. The van der Waals surface area contributed by atoms with Crippen LogP contribution < -0.4 is 0 Å². The second-order valence-electron chi connectivity index (χ2n) is 6.39. The third-order valence-corrected chi connectivity index (χ3v) is 6.44. The van der Waals surface area contributed by atoms with Gasteiger partial charge in [-0.1, -0.05) is 97.7 Å². The molecule has 0 N–H and O–H groups in total. The molecule has 0 fully saturated rings. The van der Waals surface area contributed by atoms with Crippen LogP contribution >= 0.6 is 11.6 Å². The van der Waals surface area contributed by atoms with E-state index in [-0.39, 0.29) is 0 Å². The monoisotopic (exact) mass is 326 g/mol. The van der Waals surface area contributed by atoms with Crippen molar-refractivity contribution >= 4 is 31.3 Å². The van der Waals surface area contributed by atoms with Crippen LogP contribution in [0.3, 0.4) is 0 Å². The molecule has 0 saturated carbocycles. The van der Waals surface area contributed by atoms with E-state index < -0.39 is 8.07 Å². The molecule has 0 radical (unpaired) electrons. The Morgan fingerprint density at radius 1 is 0.909 bits per heavy atom. The predicted octanol–water partition coefficient (Wildman–Crippen LogP) is 6.27. The second-order valence-corrected chi connectivity index (χ2v) is 11.8. The molecule has 0 unspecified atom stereocenters. The molecule has 0 aliphatic rings. The summed E-state index contributed by atoms with van der Waals surface area (Å²) in [7, 11) is -1.47. The summed E-state index contributed by atoms with van der Waals surface area (Å²) < 4.78 is 0. The Bertz CT molecular complexity index is 649. The number of hydrogen-bond donors (Lipinski definition) is 0. The summed E-state index contributed by atoms with van der Waals surface area (Å²) in [6.45, 7) is 7.05. The first-order valence-electron chi connectivity index (χ1n) is 7.60. The van der Waals surface area contributed by atoms with E-state index in [9.17, 15) is 0 Å². The Kier molecular flexibility index (Phi) is 5.81. The summed E-state index contributed by atoms with van der Waals surface area (Å²) in [5.41, 5.74) is 3.73.